The number of nitrogen functional groups attached to an aromatic ring is 1. The fraction of sp³-hybridized carbons (Fsp3) is 0.133. The Hall–Kier alpha value is -2.13. The highest BCUT2D eigenvalue weighted by Gasteiger charge is 2.03. The highest BCUT2D eigenvalue weighted by atomic mass is 16.1. The smallest absolute Gasteiger partial charge is 0.176 e. The van der Waals surface area contributed by atoms with E-state index in [0.717, 1.165) is 16.8 Å². The summed E-state index contributed by atoms with van der Waals surface area (Å²) in [5.74, 6) is 0.103. The van der Waals surface area contributed by atoms with Crippen LogP contribution in [-0.4, -0.2) is 12.3 Å². The lowest BCUT2D eigenvalue weighted by Crippen LogP contribution is -2.22. The van der Waals surface area contributed by atoms with Crippen LogP contribution in [0.3, 0.4) is 0 Å². The zero-order chi connectivity index (χ0) is 12.8. The monoisotopic (exact) mass is 240 g/mol. The predicted octanol–water partition coefficient (Wildman–Crippen LogP) is 2.24. The van der Waals surface area contributed by atoms with Crippen molar-refractivity contribution in [1.29, 1.82) is 0 Å². The molecule has 0 fully saturated rings. The molecule has 0 saturated heterocycles. The maximum Gasteiger partial charge on any atom is 0.176 e. The molecule has 3 N–H and O–H groups in total. The Morgan fingerprint density at radius 1 is 1.00 bits per heavy atom. The lowest BCUT2D eigenvalue weighted by atomic mass is 10.1. The molecule has 3 heteroatoms. The van der Waals surface area contributed by atoms with Gasteiger partial charge in [-0.15, -0.1) is 0 Å². The predicted molar refractivity (Wildman–Crippen MR) is 73.3 cm³/mol. The molecule has 18 heavy (non-hydrogen) atoms. The Morgan fingerprint density at radius 3 is 2.33 bits per heavy atom. The first kappa shape index (κ1) is 12.3. The van der Waals surface area contributed by atoms with Crippen molar-refractivity contribution in [3.63, 3.8) is 0 Å². The average molecular weight is 240 g/mol. The van der Waals surface area contributed by atoms with Gasteiger partial charge in [0.05, 0.1) is 6.54 Å². The van der Waals surface area contributed by atoms with Gasteiger partial charge < -0.3 is 11.1 Å². The maximum absolute atomic E-state index is 11.8. The second-order valence-corrected chi connectivity index (χ2v) is 4.13. The molecular weight excluding hydrogens is 224 g/mol. The van der Waals surface area contributed by atoms with Crippen LogP contribution >= 0.6 is 0 Å². The van der Waals surface area contributed by atoms with Crippen molar-refractivity contribution >= 4 is 11.5 Å². The molecule has 2 aromatic rings. The van der Waals surface area contributed by atoms with Crippen molar-refractivity contribution in [3.05, 3.63) is 65.7 Å². The molecule has 0 spiro atoms. The second-order valence-electron chi connectivity index (χ2n) is 4.13. The number of nitrogens with two attached hydrogens (primary N) is 1. The van der Waals surface area contributed by atoms with Crippen LogP contribution in [0, 0.1) is 0 Å². The third-order valence-corrected chi connectivity index (χ3v) is 2.69. The van der Waals surface area contributed by atoms with E-state index in [4.69, 9.17) is 5.73 Å². The Balaban J connectivity index is 1.82. The summed E-state index contributed by atoms with van der Waals surface area (Å²) in [6.45, 7) is 1.01. The molecule has 0 radical (unpaired) electrons. The normalized spacial score (nSPS) is 10.2. The van der Waals surface area contributed by atoms with Crippen molar-refractivity contribution in [2.75, 3.05) is 12.3 Å². The van der Waals surface area contributed by atoms with Crippen LogP contribution in [0.2, 0.25) is 0 Å². The van der Waals surface area contributed by atoms with Gasteiger partial charge in [0, 0.05) is 17.8 Å². The van der Waals surface area contributed by atoms with E-state index in [-0.39, 0.29) is 5.78 Å². The van der Waals surface area contributed by atoms with Gasteiger partial charge in [0.15, 0.2) is 5.78 Å². The van der Waals surface area contributed by atoms with Gasteiger partial charge in [-0.25, -0.2) is 0 Å². The Bertz CT molecular complexity index is 506. The van der Waals surface area contributed by atoms with E-state index >= 15 is 0 Å². The van der Waals surface area contributed by atoms with E-state index in [9.17, 15) is 4.79 Å². The molecule has 0 aliphatic heterocycles. The van der Waals surface area contributed by atoms with E-state index in [1.54, 1.807) is 0 Å². The number of Topliss-reactive ketones (excluding diaryl/α,β-unsaturated/α-hetero) is 1. The topological polar surface area (TPSA) is 55.1 Å². The number of hydrogen-bond acceptors (Lipinski definition) is 3. The number of anilines is 1. The fourth-order valence-electron chi connectivity index (χ4n) is 1.68. The van der Waals surface area contributed by atoms with E-state index in [0.29, 0.717) is 13.1 Å². The molecule has 0 unspecified atom stereocenters. The number of carbonyl (C=O) groups is 1. The molecular formula is C15H16N2O. The first-order chi connectivity index (χ1) is 8.75. The molecule has 92 valence electrons. The van der Waals surface area contributed by atoms with Crippen LogP contribution in [0.5, 0.6) is 0 Å². The van der Waals surface area contributed by atoms with Crippen molar-refractivity contribution in [3.8, 4) is 0 Å². The van der Waals surface area contributed by atoms with Gasteiger partial charge in [0.2, 0.25) is 0 Å². The molecule has 0 saturated carbocycles. The average Bonchev–Trinajstić information content (AvgIpc) is 2.42. The summed E-state index contributed by atoms with van der Waals surface area (Å²) in [4.78, 5) is 11.8. The van der Waals surface area contributed by atoms with Crippen LogP contribution in [0.1, 0.15) is 15.9 Å². The summed E-state index contributed by atoms with van der Waals surface area (Å²) in [7, 11) is 0. The van der Waals surface area contributed by atoms with Crippen molar-refractivity contribution in [2.45, 2.75) is 6.54 Å². The van der Waals surface area contributed by atoms with Crippen LogP contribution in [-0.2, 0) is 6.54 Å². The molecule has 0 amide bonds. The number of nitrogens with one attached hydrogen (secondary N) is 1. The summed E-state index contributed by atoms with van der Waals surface area (Å²) in [6, 6.07) is 16.9. The quantitative estimate of drug-likeness (QED) is 0.622. The molecule has 2 rings (SSSR count). The van der Waals surface area contributed by atoms with Crippen LogP contribution in [0.15, 0.2) is 54.6 Å². The zero-order valence-electron chi connectivity index (χ0n) is 10.1. The minimum atomic E-state index is 0.103. The van der Waals surface area contributed by atoms with Gasteiger partial charge in [-0.3, -0.25) is 4.79 Å². The Morgan fingerprint density at radius 2 is 1.67 bits per heavy atom. The molecule has 0 heterocycles. The van der Waals surface area contributed by atoms with Gasteiger partial charge in [-0.1, -0.05) is 42.5 Å². The highest BCUT2D eigenvalue weighted by Crippen LogP contribution is 2.05. The third kappa shape index (κ3) is 3.43. The molecule has 0 atom stereocenters. The summed E-state index contributed by atoms with van der Waals surface area (Å²) in [5.41, 5.74) is 8.21. The minimum absolute atomic E-state index is 0.103. The van der Waals surface area contributed by atoms with E-state index in [2.05, 4.69) is 5.32 Å². The summed E-state index contributed by atoms with van der Waals surface area (Å²) >= 11 is 0. The third-order valence-electron chi connectivity index (χ3n) is 2.69. The van der Waals surface area contributed by atoms with E-state index in [1.165, 1.54) is 0 Å². The molecule has 0 aliphatic rings. The lowest BCUT2D eigenvalue weighted by molar-refractivity contribution is 0.0991. The van der Waals surface area contributed by atoms with Crippen molar-refractivity contribution in [1.82, 2.24) is 5.32 Å². The highest BCUT2D eigenvalue weighted by molar-refractivity contribution is 5.97. The Kier molecular flexibility index (Phi) is 4.10. The van der Waals surface area contributed by atoms with Crippen LogP contribution < -0.4 is 11.1 Å². The van der Waals surface area contributed by atoms with Crippen molar-refractivity contribution in [2.24, 2.45) is 0 Å². The number of carbonyl (C=O) groups excluding carboxylic acids is 1. The molecule has 2 aromatic carbocycles. The fourth-order valence-corrected chi connectivity index (χ4v) is 1.68. The number of hydrogen-bond donors (Lipinski definition) is 2. The first-order valence-electron chi connectivity index (χ1n) is 5.89. The summed E-state index contributed by atoms with van der Waals surface area (Å²) in [5, 5.41) is 3.13. The second kappa shape index (κ2) is 5.98. The molecule has 3 nitrogen and oxygen atoms in total. The van der Waals surface area contributed by atoms with Gasteiger partial charge in [-0.05, 0) is 17.7 Å². The van der Waals surface area contributed by atoms with Gasteiger partial charge >= 0.3 is 0 Å². The van der Waals surface area contributed by atoms with Gasteiger partial charge in [0.25, 0.3) is 0 Å². The van der Waals surface area contributed by atoms with Crippen LogP contribution in [0.4, 0.5) is 5.69 Å². The van der Waals surface area contributed by atoms with Crippen LogP contribution in [0.25, 0.3) is 0 Å². The lowest BCUT2D eigenvalue weighted by Gasteiger charge is -2.05. The van der Waals surface area contributed by atoms with Gasteiger partial charge in [0.1, 0.15) is 0 Å². The number of rotatable bonds is 5. The molecule has 0 aromatic heterocycles. The largest absolute Gasteiger partial charge is 0.399 e. The van der Waals surface area contributed by atoms with Gasteiger partial charge in [-0.2, -0.15) is 0 Å². The zero-order valence-corrected chi connectivity index (χ0v) is 10.1. The number of ketones is 1. The van der Waals surface area contributed by atoms with E-state index < -0.39 is 0 Å². The summed E-state index contributed by atoms with van der Waals surface area (Å²) in [6.07, 6.45) is 0. The SMILES string of the molecule is Nc1ccc(CNCC(=O)c2ccccc2)cc1. The van der Waals surface area contributed by atoms with Crippen molar-refractivity contribution < 1.29 is 4.79 Å². The first-order valence-corrected chi connectivity index (χ1v) is 5.89. The minimum Gasteiger partial charge on any atom is -0.399 e. The summed E-state index contributed by atoms with van der Waals surface area (Å²) < 4.78 is 0. The molecule has 0 bridgehead atoms. The molecule has 0 aliphatic carbocycles. The Labute approximate surface area is 107 Å². The van der Waals surface area contributed by atoms with E-state index in [1.807, 2.05) is 54.6 Å². The number of benzene rings is 2. The maximum atomic E-state index is 11.8. The standard InChI is InChI=1S/C15H16N2O/c16-14-8-6-12(7-9-14)10-17-11-15(18)13-4-2-1-3-5-13/h1-9,17H,10-11,16H2.